The zero-order valence-electron chi connectivity index (χ0n) is 10.8. The second kappa shape index (κ2) is 7.51. The van der Waals surface area contributed by atoms with Crippen LogP contribution in [-0.2, 0) is 20.7 Å². The Kier molecular flexibility index (Phi) is 6.32. The lowest BCUT2D eigenvalue weighted by Gasteiger charge is -2.22. The summed E-state index contributed by atoms with van der Waals surface area (Å²) in [4.78, 5) is 11.8. The molecule has 1 amide bonds. The van der Waals surface area contributed by atoms with Crippen molar-refractivity contribution < 1.29 is 14.3 Å². The van der Waals surface area contributed by atoms with Crippen LogP contribution in [0.5, 0.6) is 0 Å². The van der Waals surface area contributed by atoms with Crippen molar-refractivity contribution in [3.05, 3.63) is 34.3 Å². The third kappa shape index (κ3) is 4.76. The maximum atomic E-state index is 11.8. The standard InChI is InChI=1S/C13H18BrNO3/c1-9(13(17-2)18-3)15-12(16)8-10-4-6-11(14)7-5-10/h4-7,9,13H,8H2,1-3H3,(H,15,16). The molecule has 100 valence electrons. The number of carbonyl (C=O) groups excluding carboxylic acids is 1. The van der Waals surface area contributed by atoms with E-state index in [0.29, 0.717) is 6.42 Å². The molecular formula is C13H18BrNO3. The predicted molar refractivity (Wildman–Crippen MR) is 73.3 cm³/mol. The van der Waals surface area contributed by atoms with Gasteiger partial charge in [-0.3, -0.25) is 4.79 Å². The van der Waals surface area contributed by atoms with E-state index in [1.165, 1.54) is 0 Å². The minimum absolute atomic E-state index is 0.0519. The molecule has 0 fully saturated rings. The lowest BCUT2D eigenvalue weighted by atomic mass is 10.1. The highest BCUT2D eigenvalue weighted by molar-refractivity contribution is 9.10. The zero-order valence-corrected chi connectivity index (χ0v) is 12.4. The van der Waals surface area contributed by atoms with E-state index < -0.39 is 6.29 Å². The van der Waals surface area contributed by atoms with E-state index in [1.807, 2.05) is 31.2 Å². The Morgan fingerprint density at radius 3 is 2.33 bits per heavy atom. The van der Waals surface area contributed by atoms with E-state index in [4.69, 9.17) is 9.47 Å². The number of amides is 1. The number of rotatable bonds is 6. The molecule has 0 bridgehead atoms. The van der Waals surface area contributed by atoms with Gasteiger partial charge >= 0.3 is 0 Å². The number of carbonyl (C=O) groups is 1. The van der Waals surface area contributed by atoms with Gasteiger partial charge in [0.25, 0.3) is 0 Å². The van der Waals surface area contributed by atoms with Crippen LogP contribution in [0.1, 0.15) is 12.5 Å². The van der Waals surface area contributed by atoms with E-state index in [1.54, 1.807) is 14.2 Å². The van der Waals surface area contributed by atoms with Crippen LogP contribution >= 0.6 is 15.9 Å². The third-order valence-corrected chi connectivity index (χ3v) is 3.07. The SMILES string of the molecule is COC(OC)C(C)NC(=O)Cc1ccc(Br)cc1. The molecule has 0 aliphatic rings. The van der Waals surface area contributed by atoms with Crippen molar-refractivity contribution >= 4 is 21.8 Å². The van der Waals surface area contributed by atoms with Crippen molar-refractivity contribution in [3.63, 3.8) is 0 Å². The van der Waals surface area contributed by atoms with Gasteiger partial charge in [-0.05, 0) is 24.6 Å². The molecule has 1 aromatic carbocycles. The second-order valence-corrected chi connectivity index (χ2v) is 4.91. The van der Waals surface area contributed by atoms with E-state index in [0.717, 1.165) is 10.0 Å². The van der Waals surface area contributed by atoms with Crippen molar-refractivity contribution in [2.75, 3.05) is 14.2 Å². The fraction of sp³-hybridized carbons (Fsp3) is 0.462. The highest BCUT2D eigenvalue weighted by Crippen LogP contribution is 2.11. The van der Waals surface area contributed by atoms with Crippen molar-refractivity contribution in [1.29, 1.82) is 0 Å². The quantitative estimate of drug-likeness (QED) is 0.818. The lowest BCUT2D eigenvalue weighted by Crippen LogP contribution is -2.43. The summed E-state index contributed by atoms with van der Waals surface area (Å²) in [6, 6.07) is 7.47. The number of methoxy groups -OCH3 is 2. The summed E-state index contributed by atoms with van der Waals surface area (Å²) >= 11 is 3.36. The summed E-state index contributed by atoms with van der Waals surface area (Å²) in [5.41, 5.74) is 0.967. The molecule has 0 radical (unpaired) electrons. The molecule has 0 spiro atoms. The summed E-state index contributed by atoms with van der Waals surface area (Å²) in [5.74, 6) is -0.0519. The zero-order chi connectivity index (χ0) is 13.5. The van der Waals surface area contributed by atoms with E-state index in [9.17, 15) is 4.79 Å². The first-order valence-corrected chi connectivity index (χ1v) is 6.45. The molecule has 1 unspecified atom stereocenters. The molecule has 0 aliphatic carbocycles. The van der Waals surface area contributed by atoms with Crippen LogP contribution in [0, 0.1) is 0 Å². The molecule has 4 nitrogen and oxygen atoms in total. The molecule has 5 heteroatoms. The number of ether oxygens (including phenoxy) is 2. The van der Waals surface area contributed by atoms with Gasteiger partial charge in [-0.1, -0.05) is 28.1 Å². The molecular weight excluding hydrogens is 298 g/mol. The fourth-order valence-corrected chi connectivity index (χ4v) is 1.93. The van der Waals surface area contributed by atoms with Crippen LogP contribution in [0.15, 0.2) is 28.7 Å². The highest BCUT2D eigenvalue weighted by atomic mass is 79.9. The van der Waals surface area contributed by atoms with E-state index in [-0.39, 0.29) is 11.9 Å². The van der Waals surface area contributed by atoms with Crippen LogP contribution in [0.4, 0.5) is 0 Å². The number of halogens is 1. The number of hydrogen-bond acceptors (Lipinski definition) is 3. The van der Waals surface area contributed by atoms with Crippen molar-refractivity contribution in [2.24, 2.45) is 0 Å². The summed E-state index contributed by atoms with van der Waals surface area (Å²) in [7, 11) is 3.09. The molecule has 1 atom stereocenters. The first kappa shape index (κ1) is 15.1. The number of nitrogens with one attached hydrogen (secondary N) is 1. The summed E-state index contributed by atoms with van der Waals surface area (Å²) in [6.45, 7) is 1.84. The van der Waals surface area contributed by atoms with E-state index >= 15 is 0 Å². The molecule has 1 aromatic rings. The van der Waals surface area contributed by atoms with Gasteiger partial charge in [0.05, 0.1) is 12.5 Å². The van der Waals surface area contributed by atoms with Crippen molar-refractivity contribution in [2.45, 2.75) is 25.7 Å². The molecule has 0 heterocycles. The van der Waals surface area contributed by atoms with Gasteiger partial charge < -0.3 is 14.8 Å². The molecule has 1 N–H and O–H groups in total. The van der Waals surface area contributed by atoms with Gasteiger partial charge in [0.2, 0.25) is 5.91 Å². The van der Waals surface area contributed by atoms with E-state index in [2.05, 4.69) is 21.2 Å². The van der Waals surface area contributed by atoms with Gasteiger partial charge in [0.1, 0.15) is 0 Å². The Labute approximate surface area is 116 Å². The summed E-state index contributed by atoms with van der Waals surface area (Å²) in [5, 5.41) is 2.84. The number of hydrogen-bond donors (Lipinski definition) is 1. The van der Waals surface area contributed by atoms with Gasteiger partial charge in [0.15, 0.2) is 6.29 Å². The maximum absolute atomic E-state index is 11.8. The first-order chi connectivity index (χ1) is 8.56. The third-order valence-electron chi connectivity index (χ3n) is 2.54. The van der Waals surface area contributed by atoms with Gasteiger partial charge in [-0.25, -0.2) is 0 Å². The Hall–Kier alpha value is -0.910. The maximum Gasteiger partial charge on any atom is 0.224 e. The first-order valence-electron chi connectivity index (χ1n) is 5.66. The average molecular weight is 316 g/mol. The Morgan fingerprint density at radius 2 is 1.83 bits per heavy atom. The van der Waals surface area contributed by atoms with Crippen LogP contribution in [0.2, 0.25) is 0 Å². The topological polar surface area (TPSA) is 47.6 Å². The van der Waals surface area contributed by atoms with Gasteiger partial charge in [-0.15, -0.1) is 0 Å². The smallest absolute Gasteiger partial charge is 0.224 e. The predicted octanol–water partition coefficient (Wildman–Crippen LogP) is 2.12. The van der Waals surface area contributed by atoms with Gasteiger partial charge in [-0.2, -0.15) is 0 Å². The minimum atomic E-state index is -0.432. The monoisotopic (exact) mass is 315 g/mol. The van der Waals surface area contributed by atoms with Crippen LogP contribution in [0.25, 0.3) is 0 Å². The lowest BCUT2D eigenvalue weighted by molar-refractivity contribution is -0.135. The molecule has 0 saturated carbocycles. The second-order valence-electron chi connectivity index (χ2n) is 4.00. The molecule has 0 saturated heterocycles. The Morgan fingerprint density at radius 1 is 1.28 bits per heavy atom. The largest absolute Gasteiger partial charge is 0.354 e. The normalized spacial score (nSPS) is 12.5. The summed E-state index contributed by atoms with van der Waals surface area (Å²) < 4.78 is 11.2. The molecule has 1 rings (SSSR count). The molecule has 18 heavy (non-hydrogen) atoms. The Bertz CT molecular complexity index is 376. The molecule has 0 aromatic heterocycles. The van der Waals surface area contributed by atoms with Crippen LogP contribution in [0.3, 0.4) is 0 Å². The summed E-state index contributed by atoms with van der Waals surface area (Å²) in [6.07, 6.45) is -0.0866. The molecule has 0 aliphatic heterocycles. The van der Waals surface area contributed by atoms with Crippen molar-refractivity contribution in [1.82, 2.24) is 5.32 Å². The number of benzene rings is 1. The minimum Gasteiger partial charge on any atom is -0.354 e. The highest BCUT2D eigenvalue weighted by Gasteiger charge is 2.17. The van der Waals surface area contributed by atoms with Crippen LogP contribution < -0.4 is 5.32 Å². The van der Waals surface area contributed by atoms with Crippen molar-refractivity contribution in [3.8, 4) is 0 Å². The fourth-order valence-electron chi connectivity index (χ4n) is 1.67. The van der Waals surface area contributed by atoms with Crippen LogP contribution in [-0.4, -0.2) is 32.5 Å². The average Bonchev–Trinajstić information content (AvgIpc) is 2.33. The van der Waals surface area contributed by atoms with Gasteiger partial charge in [0, 0.05) is 18.7 Å². The Balaban J connectivity index is 2.48.